The average molecular weight is 295 g/mol. The molecule has 0 saturated carbocycles. The first-order valence-electron chi connectivity index (χ1n) is 6.91. The molecule has 0 bridgehead atoms. The zero-order chi connectivity index (χ0) is 14.6. The van der Waals surface area contributed by atoms with E-state index < -0.39 is 9.84 Å². The Balaban J connectivity index is 2.09. The summed E-state index contributed by atoms with van der Waals surface area (Å²) in [5, 5.41) is 4.33. The van der Waals surface area contributed by atoms with Crippen LogP contribution in [-0.4, -0.2) is 27.0 Å². The fourth-order valence-corrected chi connectivity index (χ4v) is 3.27. The molecule has 5 heteroatoms. The summed E-state index contributed by atoms with van der Waals surface area (Å²) < 4.78 is 28.6. The molecule has 1 N–H and O–H groups in total. The minimum Gasteiger partial charge on any atom is -0.464 e. The summed E-state index contributed by atoms with van der Waals surface area (Å²) in [6.07, 6.45) is 3.20. The molecule has 1 aromatic carbocycles. The quantitative estimate of drug-likeness (QED) is 0.853. The van der Waals surface area contributed by atoms with E-state index in [9.17, 15) is 8.42 Å². The van der Waals surface area contributed by atoms with E-state index >= 15 is 0 Å². The van der Waals surface area contributed by atoms with Crippen molar-refractivity contribution in [1.82, 2.24) is 5.32 Å². The summed E-state index contributed by atoms with van der Waals surface area (Å²) in [6.45, 7) is 1.69. The Kier molecular flexibility index (Phi) is 4.83. The second kappa shape index (κ2) is 6.41. The largest absolute Gasteiger partial charge is 0.464 e. The SMILES string of the molecule is CCS(=O)(=O)CCCC(NC)c1coc2ccccc12. The Morgan fingerprint density at radius 2 is 2.05 bits per heavy atom. The predicted molar refractivity (Wildman–Crippen MR) is 81.6 cm³/mol. The second-order valence-electron chi connectivity index (χ2n) is 4.91. The molecule has 2 rings (SSSR count). The van der Waals surface area contributed by atoms with Crippen LogP contribution in [0.1, 0.15) is 31.4 Å². The summed E-state index contributed by atoms with van der Waals surface area (Å²) in [4.78, 5) is 0. The second-order valence-corrected chi connectivity index (χ2v) is 7.38. The molecule has 0 amide bonds. The Hall–Kier alpha value is -1.33. The first-order valence-corrected chi connectivity index (χ1v) is 8.73. The molecule has 20 heavy (non-hydrogen) atoms. The Morgan fingerprint density at radius 1 is 1.30 bits per heavy atom. The van der Waals surface area contributed by atoms with Gasteiger partial charge in [-0.1, -0.05) is 25.1 Å². The van der Waals surface area contributed by atoms with Crippen LogP contribution in [0.15, 0.2) is 34.9 Å². The smallest absolute Gasteiger partial charge is 0.150 e. The van der Waals surface area contributed by atoms with Crippen molar-refractivity contribution in [2.24, 2.45) is 0 Å². The summed E-state index contributed by atoms with van der Waals surface area (Å²) >= 11 is 0. The summed E-state index contributed by atoms with van der Waals surface area (Å²) in [6, 6.07) is 8.01. The third kappa shape index (κ3) is 3.41. The highest BCUT2D eigenvalue weighted by Crippen LogP contribution is 2.28. The van der Waals surface area contributed by atoms with E-state index in [-0.39, 0.29) is 17.5 Å². The van der Waals surface area contributed by atoms with Crippen LogP contribution in [0.5, 0.6) is 0 Å². The number of fused-ring (bicyclic) bond motifs is 1. The lowest BCUT2D eigenvalue weighted by atomic mass is 10.0. The molecule has 2 aromatic rings. The maximum absolute atomic E-state index is 11.5. The maximum atomic E-state index is 11.5. The van der Waals surface area contributed by atoms with Gasteiger partial charge in [-0.15, -0.1) is 0 Å². The zero-order valence-electron chi connectivity index (χ0n) is 11.9. The maximum Gasteiger partial charge on any atom is 0.150 e. The summed E-state index contributed by atoms with van der Waals surface area (Å²) in [7, 11) is -0.996. The van der Waals surface area contributed by atoms with E-state index in [2.05, 4.69) is 5.32 Å². The van der Waals surface area contributed by atoms with Gasteiger partial charge < -0.3 is 9.73 Å². The molecule has 0 spiro atoms. The lowest BCUT2D eigenvalue weighted by Gasteiger charge is -2.14. The lowest BCUT2D eigenvalue weighted by Crippen LogP contribution is -2.18. The molecule has 1 unspecified atom stereocenters. The number of rotatable bonds is 7. The fraction of sp³-hybridized carbons (Fsp3) is 0.467. The monoisotopic (exact) mass is 295 g/mol. The van der Waals surface area contributed by atoms with Crippen molar-refractivity contribution < 1.29 is 12.8 Å². The molecule has 1 atom stereocenters. The molecule has 0 fully saturated rings. The van der Waals surface area contributed by atoms with Crippen LogP contribution >= 0.6 is 0 Å². The normalized spacial score (nSPS) is 13.7. The van der Waals surface area contributed by atoms with Gasteiger partial charge in [-0.05, 0) is 26.0 Å². The molecule has 0 radical (unpaired) electrons. The van der Waals surface area contributed by atoms with Crippen LogP contribution < -0.4 is 5.32 Å². The highest BCUT2D eigenvalue weighted by Gasteiger charge is 2.16. The zero-order valence-corrected chi connectivity index (χ0v) is 12.7. The van der Waals surface area contributed by atoms with E-state index in [4.69, 9.17) is 4.42 Å². The minimum atomic E-state index is -2.89. The number of para-hydroxylation sites is 1. The molecule has 0 aliphatic rings. The van der Waals surface area contributed by atoms with Crippen molar-refractivity contribution in [3.8, 4) is 0 Å². The lowest BCUT2D eigenvalue weighted by molar-refractivity contribution is 0.525. The van der Waals surface area contributed by atoms with E-state index in [0.717, 1.165) is 23.0 Å². The molecule has 4 nitrogen and oxygen atoms in total. The van der Waals surface area contributed by atoms with Gasteiger partial charge in [-0.2, -0.15) is 0 Å². The number of hydrogen-bond acceptors (Lipinski definition) is 4. The molecule has 110 valence electrons. The van der Waals surface area contributed by atoms with Gasteiger partial charge in [0, 0.05) is 22.7 Å². The van der Waals surface area contributed by atoms with Gasteiger partial charge in [-0.25, -0.2) is 8.42 Å². The van der Waals surface area contributed by atoms with Gasteiger partial charge in [0.25, 0.3) is 0 Å². The standard InChI is InChI=1S/C15H21NO3S/c1-3-20(17,18)10-6-8-14(16-2)13-11-19-15-9-5-4-7-12(13)15/h4-5,7,9,11,14,16H,3,6,8,10H2,1-2H3. The van der Waals surface area contributed by atoms with Crippen LogP contribution in [0.4, 0.5) is 0 Å². The molecule has 1 heterocycles. The van der Waals surface area contributed by atoms with E-state index in [1.54, 1.807) is 13.2 Å². The van der Waals surface area contributed by atoms with Crippen LogP contribution in [0.2, 0.25) is 0 Å². The number of furan rings is 1. The van der Waals surface area contributed by atoms with Gasteiger partial charge in [0.2, 0.25) is 0 Å². The summed E-state index contributed by atoms with van der Waals surface area (Å²) in [5.74, 6) is 0.462. The number of hydrogen-bond donors (Lipinski definition) is 1. The fourth-order valence-electron chi connectivity index (χ4n) is 2.38. The molecular formula is C15H21NO3S. The van der Waals surface area contributed by atoms with Crippen molar-refractivity contribution in [3.63, 3.8) is 0 Å². The summed E-state index contributed by atoms with van der Waals surface area (Å²) in [5.41, 5.74) is 1.96. The average Bonchev–Trinajstić information content (AvgIpc) is 2.87. The minimum absolute atomic E-state index is 0.116. The van der Waals surface area contributed by atoms with Gasteiger partial charge in [0.15, 0.2) is 0 Å². The van der Waals surface area contributed by atoms with Crippen molar-refractivity contribution in [3.05, 3.63) is 36.1 Å². The highest BCUT2D eigenvalue weighted by atomic mass is 32.2. The Morgan fingerprint density at radius 3 is 2.75 bits per heavy atom. The van der Waals surface area contributed by atoms with Gasteiger partial charge in [-0.3, -0.25) is 0 Å². The van der Waals surface area contributed by atoms with Crippen molar-refractivity contribution >= 4 is 20.8 Å². The van der Waals surface area contributed by atoms with Gasteiger partial charge in [0.1, 0.15) is 15.4 Å². The third-order valence-electron chi connectivity index (χ3n) is 3.62. The first kappa shape index (κ1) is 15.1. The van der Waals surface area contributed by atoms with Crippen LogP contribution in [0, 0.1) is 0 Å². The van der Waals surface area contributed by atoms with E-state index in [1.165, 1.54) is 0 Å². The molecular weight excluding hydrogens is 274 g/mol. The Labute approximate surface area is 120 Å². The third-order valence-corrected chi connectivity index (χ3v) is 5.41. The highest BCUT2D eigenvalue weighted by molar-refractivity contribution is 7.91. The van der Waals surface area contributed by atoms with E-state index in [1.807, 2.05) is 31.3 Å². The topological polar surface area (TPSA) is 59.3 Å². The van der Waals surface area contributed by atoms with Crippen LogP contribution in [0.3, 0.4) is 0 Å². The van der Waals surface area contributed by atoms with Gasteiger partial charge in [0.05, 0.1) is 12.0 Å². The van der Waals surface area contributed by atoms with Crippen LogP contribution in [0.25, 0.3) is 11.0 Å². The van der Waals surface area contributed by atoms with E-state index in [0.29, 0.717) is 6.42 Å². The van der Waals surface area contributed by atoms with Gasteiger partial charge >= 0.3 is 0 Å². The number of benzene rings is 1. The predicted octanol–water partition coefficient (Wildman–Crippen LogP) is 2.91. The first-order chi connectivity index (χ1) is 9.57. The Bertz CT molecular complexity index is 661. The molecule has 0 saturated heterocycles. The number of sulfone groups is 1. The number of nitrogens with one attached hydrogen (secondary N) is 1. The molecule has 0 aliphatic carbocycles. The van der Waals surface area contributed by atoms with Crippen molar-refractivity contribution in [1.29, 1.82) is 0 Å². The molecule has 0 aliphatic heterocycles. The van der Waals surface area contributed by atoms with Crippen molar-refractivity contribution in [2.75, 3.05) is 18.6 Å². The van der Waals surface area contributed by atoms with Crippen LogP contribution in [-0.2, 0) is 9.84 Å². The van der Waals surface area contributed by atoms with Crippen molar-refractivity contribution in [2.45, 2.75) is 25.8 Å². The molecule has 1 aromatic heterocycles.